The Kier molecular flexibility index (Phi) is 17.9. The predicted octanol–water partition coefficient (Wildman–Crippen LogP) is 6.79. The van der Waals surface area contributed by atoms with Crippen LogP contribution in [0.2, 0.25) is 0 Å². The summed E-state index contributed by atoms with van der Waals surface area (Å²) >= 11 is 0. The maximum absolute atomic E-state index is 11.9. The molecule has 159 valence electrons. The first kappa shape index (κ1) is 26.1. The van der Waals surface area contributed by atoms with Crippen LogP contribution >= 0.6 is 0 Å². The fourth-order valence-electron chi connectivity index (χ4n) is 3.52. The first-order valence-electron chi connectivity index (χ1n) is 11.6. The van der Waals surface area contributed by atoms with Crippen LogP contribution in [-0.2, 0) is 9.59 Å². The normalized spacial score (nSPS) is 12.3. The molecule has 1 N–H and O–H groups in total. The van der Waals surface area contributed by atoms with E-state index in [1.54, 1.807) is 0 Å². The minimum absolute atomic E-state index is 0.0135. The molecule has 0 saturated heterocycles. The molecule has 0 spiro atoms. The maximum Gasteiger partial charge on any atom is 0.220 e. The molecule has 0 aliphatic carbocycles. The molecule has 3 nitrogen and oxygen atoms in total. The highest BCUT2D eigenvalue weighted by atomic mass is 16.2. The summed E-state index contributed by atoms with van der Waals surface area (Å²) in [6, 6.07) is -0.436. The highest BCUT2D eigenvalue weighted by Gasteiger charge is 2.20. The van der Waals surface area contributed by atoms with E-state index in [4.69, 9.17) is 0 Å². The lowest BCUT2D eigenvalue weighted by atomic mass is 10.0. The zero-order valence-electron chi connectivity index (χ0n) is 18.5. The Balaban J connectivity index is 3.35. The third-order valence-corrected chi connectivity index (χ3v) is 5.34. The van der Waals surface area contributed by atoms with Crippen LogP contribution in [0.3, 0.4) is 0 Å². The summed E-state index contributed by atoms with van der Waals surface area (Å²) in [5.41, 5.74) is 0. The zero-order chi connectivity index (χ0) is 20.3. The predicted molar refractivity (Wildman–Crippen MR) is 117 cm³/mol. The molecule has 1 atom stereocenters. The number of hydrogen-bond acceptors (Lipinski definition) is 2. The number of rotatable bonds is 19. The van der Waals surface area contributed by atoms with Crippen molar-refractivity contribution < 1.29 is 9.59 Å². The third-order valence-electron chi connectivity index (χ3n) is 5.34. The standard InChI is InChI=1S/C24H46NO2/c1-5-6-7-8-9-10-11-12-13-14-15-16-17-18-19-20-23(27)25-24(21(2)3)22(4)26/h21,24H,4-20H2,1-3H3,(H,25,27)/t24-/m0/s1. The van der Waals surface area contributed by atoms with E-state index in [0.29, 0.717) is 6.42 Å². The molecule has 1 amide bonds. The van der Waals surface area contributed by atoms with Gasteiger partial charge in [-0.1, -0.05) is 111 Å². The van der Waals surface area contributed by atoms with E-state index in [1.165, 1.54) is 83.5 Å². The lowest BCUT2D eigenvalue weighted by Crippen LogP contribution is -2.43. The number of carbonyl (C=O) groups is 2. The number of hydrogen-bond donors (Lipinski definition) is 1. The summed E-state index contributed by atoms with van der Waals surface area (Å²) in [4.78, 5) is 23.3. The van der Waals surface area contributed by atoms with Crippen molar-refractivity contribution in [2.75, 3.05) is 0 Å². The van der Waals surface area contributed by atoms with E-state index in [2.05, 4.69) is 19.2 Å². The van der Waals surface area contributed by atoms with E-state index in [1.807, 2.05) is 13.8 Å². The van der Waals surface area contributed by atoms with E-state index in [-0.39, 0.29) is 17.6 Å². The molecule has 0 rings (SSSR count). The van der Waals surface area contributed by atoms with Gasteiger partial charge in [-0.2, -0.15) is 0 Å². The molecule has 27 heavy (non-hydrogen) atoms. The molecule has 0 fully saturated rings. The van der Waals surface area contributed by atoms with E-state index in [0.717, 1.165) is 12.8 Å². The number of Topliss-reactive ketones (excluding diaryl/α,β-unsaturated/α-hetero) is 1. The summed E-state index contributed by atoms with van der Waals surface area (Å²) in [5, 5.41) is 2.81. The van der Waals surface area contributed by atoms with Crippen LogP contribution < -0.4 is 5.32 Å². The molecule has 0 bridgehead atoms. The maximum atomic E-state index is 11.9. The molecule has 1 radical (unpaired) electrons. The van der Waals surface area contributed by atoms with Crippen LogP contribution in [0.15, 0.2) is 0 Å². The summed E-state index contributed by atoms with van der Waals surface area (Å²) in [6.45, 7) is 9.57. The lowest BCUT2D eigenvalue weighted by molar-refractivity contribution is -0.126. The SMILES string of the molecule is [CH2]C(=O)[C@@H](NC(=O)CCCCCCCCCCCCCCCCC)C(C)C. The van der Waals surface area contributed by atoms with Crippen molar-refractivity contribution in [2.45, 2.75) is 130 Å². The summed E-state index contributed by atoms with van der Waals surface area (Å²) in [6.07, 6.45) is 20.4. The first-order chi connectivity index (χ1) is 13.0. The van der Waals surface area contributed by atoms with E-state index >= 15 is 0 Å². The second-order valence-corrected chi connectivity index (χ2v) is 8.46. The van der Waals surface area contributed by atoms with Gasteiger partial charge in [-0.3, -0.25) is 9.59 Å². The van der Waals surface area contributed by atoms with Crippen molar-refractivity contribution in [1.29, 1.82) is 0 Å². The molecule has 0 unspecified atom stereocenters. The molecule has 0 aliphatic rings. The van der Waals surface area contributed by atoms with Crippen molar-refractivity contribution in [1.82, 2.24) is 5.32 Å². The van der Waals surface area contributed by atoms with Gasteiger partial charge >= 0.3 is 0 Å². The van der Waals surface area contributed by atoms with Crippen molar-refractivity contribution in [3.8, 4) is 0 Å². The van der Waals surface area contributed by atoms with Gasteiger partial charge in [-0.25, -0.2) is 0 Å². The number of amides is 1. The average molecular weight is 381 g/mol. The van der Waals surface area contributed by atoms with Gasteiger partial charge in [0.15, 0.2) is 5.78 Å². The van der Waals surface area contributed by atoms with Gasteiger partial charge in [0.05, 0.1) is 6.04 Å². The quantitative estimate of drug-likeness (QED) is 0.251. The summed E-state index contributed by atoms with van der Waals surface area (Å²) in [5.74, 6) is -0.116. The van der Waals surface area contributed by atoms with Crippen LogP contribution in [0.25, 0.3) is 0 Å². The van der Waals surface area contributed by atoms with Crippen LogP contribution in [0.5, 0.6) is 0 Å². The lowest BCUT2D eigenvalue weighted by Gasteiger charge is -2.19. The summed E-state index contributed by atoms with van der Waals surface area (Å²) < 4.78 is 0. The molecule has 0 aromatic heterocycles. The number of nitrogens with one attached hydrogen (secondary N) is 1. The molecule has 3 heteroatoms. The van der Waals surface area contributed by atoms with Crippen LogP contribution in [-0.4, -0.2) is 17.7 Å². The number of ketones is 1. The third kappa shape index (κ3) is 17.0. The molecule has 0 saturated carbocycles. The van der Waals surface area contributed by atoms with Crippen LogP contribution in [0, 0.1) is 12.8 Å². The van der Waals surface area contributed by atoms with Crippen molar-refractivity contribution in [3.05, 3.63) is 6.92 Å². The number of unbranched alkanes of at least 4 members (excludes halogenated alkanes) is 14. The molecular formula is C24H46NO2. The highest BCUT2D eigenvalue weighted by Crippen LogP contribution is 2.13. The van der Waals surface area contributed by atoms with Crippen molar-refractivity contribution >= 4 is 11.7 Å². The van der Waals surface area contributed by atoms with Crippen LogP contribution in [0.4, 0.5) is 0 Å². The summed E-state index contributed by atoms with van der Waals surface area (Å²) in [7, 11) is 0. The molecule has 0 aromatic rings. The van der Waals surface area contributed by atoms with Gasteiger partial charge in [0.2, 0.25) is 5.91 Å². The van der Waals surface area contributed by atoms with Crippen molar-refractivity contribution in [2.24, 2.45) is 5.92 Å². The molecule has 0 heterocycles. The van der Waals surface area contributed by atoms with Gasteiger partial charge in [-0.15, -0.1) is 0 Å². The topological polar surface area (TPSA) is 46.2 Å². The Morgan fingerprint density at radius 1 is 0.704 bits per heavy atom. The Bertz CT molecular complexity index is 365. The van der Waals surface area contributed by atoms with Crippen LogP contribution in [0.1, 0.15) is 124 Å². The second kappa shape index (κ2) is 18.5. The van der Waals surface area contributed by atoms with Gasteiger partial charge in [0.1, 0.15) is 0 Å². The van der Waals surface area contributed by atoms with Gasteiger partial charge in [0, 0.05) is 13.3 Å². The first-order valence-corrected chi connectivity index (χ1v) is 11.6. The smallest absolute Gasteiger partial charge is 0.220 e. The van der Waals surface area contributed by atoms with Crippen molar-refractivity contribution in [3.63, 3.8) is 0 Å². The minimum Gasteiger partial charge on any atom is -0.346 e. The minimum atomic E-state index is -0.436. The van der Waals surface area contributed by atoms with E-state index in [9.17, 15) is 9.59 Å². The monoisotopic (exact) mass is 380 g/mol. The fourth-order valence-corrected chi connectivity index (χ4v) is 3.52. The molecule has 0 aromatic carbocycles. The Morgan fingerprint density at radius 2 is 1.07 bits per heavy atom. The van der Waals surface area contributed by atoms with Gasteiger partial charge in [0.25, 0.3) is 0 Å². The highest BCUT2D eigenvalue weighted by molar-refractivity contribution is 5.91. The fraction of sp³-hybridized carbons (Fsp3) is 0.875. The Morgan fingerprint density at radius 3 is 1.41 bits per heavy atom. The molecule has 0 aliphatic heterocycles. The molecular weight excluding hydrogens is 334 g/mol. The largest absolute Gasteiger partial charge is 0.346 e. The zero-order valence-corrected chi connectivity index (χ0v) is 18.5. The Labute approximate surface area is 169 Å². The average Bonchev–Trinajstić information content (AvgIpc) is 2.62. The van der Waals surface area contributed by atoms with E-state index < -0.39 is 6.04 Å². The van der Waals surface area contributed by atoms with Gasteiger partial charge in [-0.05, 0) is 12.3 Å². The number of carbonyl (C=O) groups excluding carboxylic acids is 2. The van der Waals surface area contributed by atoms with Gasteiger partial charge < -0.3 is 5.32 Å². The Hall–Kier alpha value is -0.860. The second-order valence-electron chi connectivity index (χ2n) is 8.46.